The Kier molecular flexibility index (Phi) is 6.61. The Labute approximate surface area is 207 Å². The number of halogens is 1. The number of fused-ring (bicyclic) bond motifs is 1. The molecule has 1 amide bonds. The van der Waals surface area contributed by atoms with Crippen LogP contribution in [0.3, 0.4) is 0 Å². The van der Waals surface area contributed by atoms with Crippen LogP contribution in [0.15, 0.2) is 79.1 Å². The fourth-order valence-corrected chi connectivity index (χ4v) is 3.78. The zero-order valence-corrected chi connectivity index (χ0v) is 19.6. The molecule has 3 aromatic heterocycles. The molecule has 5 aromatic rings. The van der Waals surface area contributed by atoms with Gasteiger partial charge in [-0.15, -0.1) is 5.10 Å². The standard InChI is InChI=1S/C27H24FN7O/c1-2-5-22-15-24(35-27(32-22)33-25(34-35)20-7-4-13-29-17-20)31-23-8-3-6-19(14-23)26(36)30-16-18-9-11-21(28)12-10-18/h3-4,6-15,17,31H,2,5,16H2,1H3,(H,30,36). The SMILES string of the molecule is CCCc1cc(Nc2cccc(C(=O)NCc3ccc(F)cc3)c2)n2nc(-c3cccnc3)nc2n1. The number of benzene rings is 2. The molecule has 0 spiro atoms. The molecule has 0 saturated heterocycles. The van der Waals surface area contributed by atoms with Crippen molar-refractivity contribution in [2.24, 2.45) is 0 Å². The molecule has 0 aliphatic carbocycles. The summed E-state index contributed by atoms with van der Waals surface area (Å²) in [6, 6.07) is 18.9. The molecule has 0 aliphatic heterocycles. The van der Waals surface area contributed by atoms with E-state index in [0.29, 0.717) is 29.5 Å². The third kappa shape index (κ3) is 5.20. The Morgan fingerprint density at radius 1 is 1.03 bits per heavy atom. The van der Waals surface area contributed by atoms with Gasteiger partial charge < -0.3 is 10.6 Å². The van der Waals surface area contributed by atoms with Crippen molar-refractivity contribution in [3.8, 4) is 11.4 Å². The first-order valence-corrected chi connectivity index (χ1v) is 11.7. The molecular formula is C27H24FN7O. The molecule has 0 fully saturated rings. The molecule has 2 N–H and O–H groups in total. The maximum Gasteiger partial charge on any atom is 0.254 e. The maximum atomic E-state index is 13.1. The highest BCUT2D eigenvalue weighted by Crippen LogP contribution is 2.22. The van der Waals surface area contributed by atoms with Crippen LogP contribution in [0.25, 0.3) is 17.2 Å². The van der Waals surface area contributed by atoms with Gasteiger partial charge in [0, 0.05) is 47.5 Å². The second-order valence-corrected chi connectivity index (χ2v) is 8.29. The van der Waals surface area contributed by atoms with Gasteiger partial charge in [-0.1, -0.05) is 31.5 Å². The Balaban J connectivity index is 1.40. The minimum atomic E-state index is -0.309. The lowest BCUT2D eigenvalue weighted by molar-refractivity contribution is 0.0951. The first kappa shape index (κ1) is 23.1. The minimum absolute atomic E-state index is 0.228. The van der Waals surface area contributed by atoms with E-state index in [-0.39, 0.29) is 11.7 Å². The number of hydrogen-bond acceptors (Lipinski definition) is 6. The number of anilines is 2. The molecule has 36 heavy (non-hydrogen) atoms. The monoisotopic (exact) mass is 481 g/mol. The average Bonchev–Trinajstić information content (AvgIpc) is 3.34. The Bertz CT molecular complexity index is 1500. The Morgan fingerprint density at radius 2 is 1.89 bits per heavy atom. The number of carbonyl (C=O) groups is 1. The van der Waals surface area contributed by atoms with Crippen LogP contribution >= 0.6 is 0 Å². The quantitative estimate of drug-likeness (QED) is 0.325. The van der Waals surface area contributed by atoms with Gasteiger partial charge in [-0.3, -0.25) is 9.78 Å². The van der Waals surface area contributed by atoms with Crippen LogP contribution in [0.5, 0.6) is 0 Å². The van der Waals surface area contributed by atoms with E-state index in [1.807, 2.05) is 30.3 Å². The van der Waals surface area contributed by atoms with Crippen molar-refractivity contribution in [2.75, 3.05) is 5.32 Å². The first-order chi connectivity index (χ1) is 17.6. The lowest BCUT2D eigenvalue weighted by Crippen LogP contribution is -2.22. The van der Waals surface area contributed by atoms with E-state index in [9.17, 15) is 9.18 Å². The van der Waals surface area contributed by atoms with E-state index in [0.717, 1.165) is 35.3 Å². The van der Waals surface area contributed by atoms with Gasteiger partial charge in [-0.25, -0.2) is 9.37 Å². The molecule has 2 aromatic carbocycles. The number of carbonyl (C=O) groups excluding carboxylic acids is 1. The van der Waals surface area contributed by atoms with E-state index < -0.39 is 0 Å². The number of aromatic nitrogens is 5. The highest BCUT2D eigenvalue weighted by Gasteiger charge is 2.14. The third-order valence-electron chi connectivity index (χ3n) is 5.55. The van der Waals surface area contributed by atoms with Crippen molar-refractivity contribution in [3.63, 3.8) is 0 Å². The average molecular weight is 482 g/mol. The molecular weight excluding hydrogens is 457 g/mol. The zero-order valence-electron chi connectivity index (χ0n) is 19.6. The van der Waals surface area contributed by atoms with Gasteiger partial charge in [-0.2, -0.15) is 9.50 Å². The second kappa shape index (κ2) is 10.3. The number of pyridine rings is 1. The number of aryl methyl sites for hydroxylation is 1. The third-order valence-corrected chi connectivity index (χ3v) is 5.55. The molecule has 3 heterocycles. The van der Waals surface area contributed by atoms with Gasteiger partial charge in [0.2, 0.25) is 0 Å². The molecule has 5 rings (SSSR count). The van der Waals surface area contributed by atoms with Crippen LogP contribution in [0.2, 0.25) is 0 Å². The van der Waals surface area contributed by atoms with Crippen LogP contribution in [-0.4, -0.2) is 30.5 Å². The van der Waals surface area contributed by atoms with Gasteiger partial charge in [0.05, 0.1) is 0 Å². The van der Waals surface area contributed by atoms with E-state index in [2.05, 4.69) is 37.6 Å². The molecule has 180 valence electrons. The van der Waals surface area contributed by atoms with Gasteiger partial charge in [0.15, 0.2) is 5.82 Å². The predicted octanol–water partition coefficient (Wildman–Crippen LogP) is 4.95. The Morgan fingerprint density at radius 3 is 2.67 bits per heavy atom. The summed E-state index contributed by atoms with van der Waals surface area (Å²) in [5.41, 5.74) is 3.72. The number of nitrogens with one attached hydrogen (secondary N) is 2. The summed E-state index contributed by atoms with van der Waals surface area (Å²) >= 11 is 0. The normalized spacial score (nSPS) is 10.9. The van der Waals surface area contributed by atoms with Gasteiger partial charge in [-0.05, 0) is 54.4 Å². The molecule has 9 heteroatoms. The molecule has 0 aliphatic rings. The summed E-state index contributed by atoms with van der Waals surface area (Å²) in [6.45, 7) is 2.40. The minimum Gasteiger partial charge on any atom is -0.348 e. The van der Waals surface area contributed by atoms with Crippen molar-refractivity contribution in [3.05, 3.63) is 102 Å². The van der Waals surface area contributed by atoms with Crippen molar-refractivity contribution in [2.45, 2.75) is 26.3 Å². The maximum absolute atomic E-state index is 13.1. The van der Waals surface area contributed by atoms with E-state index in [1.54, 1.807) is 41.2 Å². The lowest BCUT2D eigenvalue weighted by atomic mass is 10.1. The van der Waals surface area contributed by atoms with Crippen molar-refractivity contribution in [1.29, 1.82) is 0 Å². The molecule has 0 saturated carbocycles. The van der Waals surface area contributed by atoms with Crippen molar-refractivity contribution < 1.29 is 9.18 Å². The topological polar surface area (TPSA) is 97.1 Å². The highest BCUT2D eigenvalue weighted by atomic mass is 19.1. The molecule has 0 unspecified atom stereocenters. The summed E-state index contributed by atoms with van der Waals surface area (Å²) in [5.74, 6) is 1.16. The predicted molar refractivity (Wildman–Crippen MR) is 135 cm³/mol. The zero-order chi connectivity index (χ0) is 24.9. The van der Waals surface area contributed by atoms with E-state index in [1.165, 1.54) is 12.1 Å². The van der Waals surface area contributed by atoms with Gasteiger partial charge in [0.25, 0.3) is 11.7 Å². The molecule has 0 atom stereocenters. The first-order valence-electron chi connectivity index (χ1n) is 11.7. The summed E-state index contributed by atoms with van der Waals surface area (Å²) in [7, 11) is 0. The fraction of sp³-hybridized carbons (Fsp3) is 0.148. The van der Waals surface area contributed by atoms with Crippen LogP contribution in [0.1, 0.15) is 35.0 Å². The smallest absolute Gasteiger partial charge is 0.254 e. The summed E-state index contributed by atoms with van der Waals surface area (Å²) in [6.07, 6.45) is 5.15. The summed E-state index contributed by atoms with van der Waals surface area (Å²) in [4.78, 5) is 26.2. The molecule has 0 radical (unpaired) electrons. The van der Waals surface area contributed by atoms with Crippen LogP contribution < -0.4 is 10.6 Å². The highest BCUT2D eigenvalue weighted by molar-refractivity contribution is 5.95. The van der Waals surface area contributed by atoms with E-state index >= 15 is 0 Å². The van der Waals surface area contributed by atoms with Crippen LogP contribution in [0, 0.1) is 5.82 Å². The largest absolute Gasteiger partial charge is 0.348 e. The Hall–Kier alpha value is -4.66. The van der Waals surface area contributed by atoms with Crippen molar-refractivity contribution in [1.82, 2.24) is 29.9 Å². The molecule has 0 bridgehead atoms. The number of hydrogen-bond donors (Lipinski definition) is 2. The number of amides is 1. The second-order valence-electron chi connectivity index (χ2n) is 8.29. The lowest BCUT2D eigenvalue weighted by Gasteiger charge is -2.11. The molecule has 8 nitrogen and oxygen atoms in total. The van der Waals surface area contributed by atoms with Gasteiger partial charge in [0.1, 0.15) is 11.6 Å². The summed E-state index contributed by atoms with van der Waals surface area (Å²) < 4.78 is 14.8. The number of nitrogens with zero attached hydrogens (tertiary/aromatic N) is 5. The fourth-order valence-electron chi connectivity index (χ4n) is 3.78. The van der Waals surface area contributed by atoms with Crippen LogP contribution in [0.4, 0.5) is 15.9 Å². The summed E-state index contributed by atoms with van der Waals surface area (Å²) in [5, 5.41) is 10.9. The number of rotatable bonds is 8. The van der Waals surface area contributed by atoms with Gasteiger partial charge >= 0.3 is 0 Å². The van der Waals surface area contributed by atoms with E-state index in [4.69, 9.17) is 0 Å². The van der Waals surface area contributed by atoms with Crippen LogP contribution in [-0.2, 0) is 13.0 Å². The van der Waals surface area contributed by atoms with Crippen molar-refractivity contribution >= 4 is 23.2 Å².